The number of halogens is 1. The predicted octanol–water partition coefficient (Wildman–Crippen LogP) is 4.29. The van der Waals surface area contributed by atoms with Crippen molar-refractivity contribution in [3.05, 3.63) is 59.1 Å². The van der Waals surface area contributed by atoms with Crippen LogP contribution in [0.3, 0.4) is 0 Å². The molecule has 26 heavy (non-hydrogen) atoms. The van der Waals surface area contributed by atoms with Crippen LogP contribution in [-0.4, -0.2) is 29.1 Å². The van der Waals surface area contributed by atoms with E-state index in [1.165, 1.54) is 11.8 Å². The molecule has 0 bridgehead atoms. The number of carbonyl (C=O) groups excluding carboxylic acids is 2. The van der Waals surface area contributed by atoms with Crippen molar-refractivity contribution in [1.29, 1.82) is 0 Å². The lowest BCUT2D eigenvalue weighted by Crippen LogP contribution is -2.34. The highest BCUT2D eigenvalue weighted by atomic mass is 35.5. The number of hydrogen-bond donors (Lipinski definition) is 2. The minimum absolute atomic E-state index is 0.0131. The zero-order chi connectivity index (χ0) is 18.5. The van der Waals surface area contributed by atoms with Crippen molar-refractivity contribution in [2.45, 2.75) is 23.8 Å². The molecule has 1 aliphatic rings. The molecular weight excluding hydrogens is 370 g/mol. The Morgan fingerprint density at radius 3 is 2.81 bits per heavy atom. The van der Waals surface area contributed by atoms with E-state index in [0.717, 1.165) is 23.3 Å². The second-order valence-corrected chi connectivity index (χ2v) is 7.54. The van der Waals surface area contributed by atoms with Gasteiger partial charge in [0.2, 0.25) is 5.91 Å². The highest BCUT2D eigenvalue weighted by Crippen LogP contribution is 2.34. The van der Waals surface area contributed by atoms with E-state index in [1.807, 2.05) is 53.4 Å². The SMILES string of the molecule is NC(=O)CSc1ccccc1NC(=O)N1CCCC1c1cccc(Cl)c1. The van der Waals surface area contributed by atoms with Crippen LogP contribution in [-0.2, 0) is 4.79 Å². The summed E-state index contributed by atoms with van der Waals surface area (Å²) >= 11 is 7.42. The highest BCUT2D eigenvalue weighted by Gasteiger charge is 2.30. The summed E-state index contributed by atoms with van der Waals surface area (Å²) in [7, 11) is 0. The van der Waals surface area contributed by atoms with Gasteiger partial charge in [-0.2, -0.15) is 0 Å². The van der Waals surface area contributed by atoms with Crippen molar-refractivity contribution in [1.82, 2.24) is 4.90 Å². The van der Waals surface area contributed by atoms with Crippen molar-refractivity contribution in [2.75, 3.05) is 17.6 Å². The summed E-state index contributed by atoms with van der Waals surface area (Å²) in [5.41, 5.74) is 6.94. The van der Waals surface area contributed by atoms with Gasteiger partial charge in [0.05, 0.1) is 17.5 Å². The number of nitrogens with one attached hydrogen (secondary N) is 1. The number of amides is 3. The lowest BCUT2D eigenvalue weighted by atomic mass is 10.1. The van der Waals surface area contributed by atoms with E-state index in [0.29, 0.717) is 17.3 Å². The lowest BCUT2D eigenvalue weighted by molar-refractivity contribution is -0.115. The van der Waals surface area contributed by atoms with Gasteiger partial charge in [-0.05, 0) is 42.7 Å². The van der Waals surface area contributed by atoms with E-state index >= 15 is 0 Å². The van der Waals surface area contributed by atoms with Gasteiger partial charge >= 0.3 is 6.03 Å². The highest BCUT2D eigenvalue weighted by molar-refractivity contribution is 8.00. The largest absolute Gasteiger partial charge is 0.369 e. The molecule has 7 heteroatoms. The molecule has 0 aromatic heterocycles. The van der Waals surface area contributed by atoms with Gasteiger partial charge in [-0.15, -0.1) is 11.8 Å². The van der Waals surface area contributed by atoms with E-state index in [9.17, 15) is 9.59 Å². The van der Waals surface area contributed by atoms with Crippen LogP contribution in [0.4, 0.5) is 10.5 Å². The quantitative estimate of drug-likeness (QED) is 0.749. The molecule has 1 saturated heterocycles. The average Bonchev–Trinajstić information content (AvgIpc) is 3.11. The number of hydrogen-bond acceptors (Lipinski definition) is 3. The third-order valence-corrected chi connectivity index (χ3v) is 5.58. The van der Waals surface area contributed by atoms with Crippen LogP contribution in [0.2, 0.25) is 5.02 Å². The summed E-state index contributed by atoms with van der Waals surface area (Å²) in [6.07, 6.45) is 1.86. The fourth-order valence-corrected chi connectivity index (χ4v) is 4.05. The number of benzene rings is 2. The first-order valence-electron chi connectivity index (χ1n) is 8.38. The summed E-state index contributed by atoms with van der Waals surface area (Å²) < 4.78 is 0. The van der Waals surface area contributed by atoms with Crippen LogP contribution in [0.15, 0.2) is 53.4 Å². The first kappa shape index (κ1) is 18.6. The van der Waals surface area contributed by atoms with Crippen LogP contribution in [0.5, 0.6) is 0 Å². The molecular formula is C19H20ClN3O2S. The zero-order valence-electron chi connectivity index (χ0n) is 14.2. The molecule has 1 heterocycles. The minimum atomic E-state index is -0.392. The van der Waals surface area contributed by atoms with Gasteiger partial charge in [-0.1, -0.05) is 35.9 Å². The topological polar surface area (TPSA) is 75.4 Å². The van der Waals surface area contributed by atoms with Gasteiger partial charge in [-0.25, -0.2) is 4.79 Å². The fraction of sp³-hybridized carbons (Fsp3) is 0.263. The molecule has 0 radical (unpaired) electrons. The van der Waals surface area contributed by atoms with Gasteiger partial charge in [0.1, 0.15) is 0 Å². The predicted molar refractivity (Wildman–Crippen MR) is 106 cm³/mol. The molecule has 3 amide bonds. The number of thioether (sulfide) groups is 1. The molecule has 1 fully saturated rings. The maximum Gasteiger partial charge on any atom is 0.322 e. The lowest BCUT2D eigenvalue weighted by Gasteiger charge is -2.26. The van der Waals surface area contributed by atoms with Crippen molar-refractivity contribution < 1.29 is 9.59 Å². The zero-order valence-corrected chi connectivity index (χ0v) is 15.7. The molecule has 0 aliphatic carbocycles. The minimum Gasteiger partial charge on any atom is -0.369 e. The van der Waals surface area contributed by atoms with E-state index in [4.69, 9.17) is 17.3 Å². The molecule has 3 N–H and O–H groups in total. The number of likely N-dealkylation sites (tertiary alicyclic amines) is 1. The van der Waals surface area contributed by atoms with Gasteiger partial charge < -0.3 is 16.0 Å². The second-order valence-electron chi connectivity index (χ2n) is 6.09. The standard InChI is InChI=1S/C19H20ClN3O2S/c20-14-6-3-5-13(11-14)16-8-4-10-23(16)19(25)22-15-7-1-2-9-17(15)26-12-18(21)24/h1-3,5-7,9,11,16H,4,8,10,12H2,(H2,21,24)(H,22,25). The van der Waals surface area contributed by atoms with Crippen LogP contribution in [0.25, 0.3) is 0 Å². The van der Waals surface area contributed by atoms with Crippen LogP contribution < -0.4 is 11.1 Å². The van der Waals surface area contributed by atoms with Gasteiger partial charge in [0.15, 0.2) is 0 Å². The third kappa shape index (κ3) is 4.51. The molecule has 0 spiro atoms. The summed E-state index contributed by atoms with van der Waals surface area (Å²) in [6, 6.07) is 14.9. The third-order valence-electron chi connectivity index (χ3n) is 4.25. The summed E-state index contributed by atoms with van der Waals surface area (Å²) in [5, 5.41) is 3.64. The Hall–Kier alpha value is -2.18. The van der Waals surface area contributed by atoms with Crippen molar-refractivity contribution >= 4 is 41.0 Å². The van der Waals surface area contributed by atoms with Gasteiger partial charge in [0.25, 0.3) is 0 Å². The summed E-state index contributed by atoms with van der Waals surface area (Å²) in [4.78, 5) is 26.5. The molecule has 5 nitrogen and oxygen atoms in total. The van der Waals surface area contributed by atoms with Crippen LogP contribution >= 0.6 is 23.4 Å². The molecule has 0 saturated carbocycles. The van der Waals surface area contributed by atoms with Crippen molar-refractivity contribution in [2.24, 2.45) is 5.73 Å². The molecule has 3 rings (SSSR count). The number of primary amides is 1. The smallest absolute Gasteiger partial charge is 0.322 e. The molecule has 1 unspecified atom stereocenters. The number of para-hydroxylation sites is 1. The molecule has 2 aromatic carbocycles. The number of nitrogens with zero attached hydrogens (tertiary/aromatic N) is 1. The summed E-state index contributed by atoms with van der Waals surface area (Å²) in [6.45, 7) is 0.694. The number of anilines is 1. The molecule has 1 aliphatic heterocycles. The van der Waals surface area contributed by atoms with E-state index in [1.54, 1.807) is 0 Å². The number of urea groups is 1. The maximum absolute atomic E-state index is 12.9. The number of carbonyl (C=O) groups is 2. The van der Waals surface area contributed by atoms with E-state index in [-0.39, 0.29) is 17.8 Å². The Balaban J connectivity index is 1.74. The monoisotopic (exact) mass is 389 g/mol. The molecule has 136 valence electrons. The summed E-state index contributed by atoms with van der Waals surface area (Å²) in [5.74, 6) is -0.224. The van der Waals surface area contributed by atoms with Gasteiger partial charge in [-0.3, -0.25) is 4.79 Å². The van der Waals surface area contributed by atoms with Crippen LogP contribution in [0, 0.1) is 0 Å². The molecule has 1 atom stereocenters. The second kappa shape index (κ2) is 8.47. The normalized spacial score (nSPS) is 16.5. The molecule has 2 aromatic rings. The average molecular weight is 390 g/mol. The Morgan fingerprint density at radius 1 is 1.23 bits per heavy atom. The Labute approximate surface area is 161 Å². The Morgan fingerprint density at radius 2 is 2.04 bits per heavy atom. The Bertz CT molecular complexity index is 815. The van der Waals surface area contributed by atoms with Crippen molar-refractivity contribution in [3.63, 3.8) is 0 Å². The van der Waals surface area contributed by atoms with E-state index < -0.39 is 5.91 Å². The van der Waals surface area contributed by atoms with Gasteiger partial charge in [0, 0.05) is 16.5 Å². The van der Waals surface area contributed by atoms with Crippen molar-refractivity contribution in [3.8, 4) is 0 Å². The maximum atomic E-state index is 12.9. The van der Waals surface area contributed by atoms with Crippen LogP contribution in [0.1, 0.15) is 24.4 Å². The Kier molecular flexibility index (Phi) is 6.06. The first-order valence-corrected chi connectivity index (χ1v) is 9.74. The number of rotatable bonds is 5. The van der Waals surface area contributed by atoms with E-state index in [2.05, 4.69) is 5.32 Å². The fourth-order valence-electron chi connectivity index (χ4n) is 3.10. The first-order chi connectivity index (χ1) is 12.5. The number of nitrogens with two attached hydrogens (primary N) is 1.